The predicted molar refractivity (Wildman–Crippen MR) is 75.0 cm³/mol. The number of para-hydroxylation sites is 1. The van der Waals surface area contributed by atoms with Gasteiger partial charge in [-0.05, 0) is 13.0 Å². The molecule has 0 unspecified atom stereocenters. The summed E-state index contributed by atoms with van der Waals surface area (Å²) in [6.45, 7) is 1.72. The van der Waals surface area contributed by atoms with E-state index in [1.165, 1.54) is 0 Å². The van der Waals surface area contributed by atoms with Crippen LogP contribution in [0.3, 0.4) is 0 Å². The Bertz CT molecular complexity index is 1100. The van der Waals surface area contributed by atoms with Crippen molar-refractivity contribution in [2.45, 2.75) is 6.92 Å². The smallest absolute Gasteiger partial charge is 0.346 e. The molecule has 0 spiro atoms. The SMILES string of the molecule is Cc1nc2[nH][nH]c(=O)c2c2c1c(=O)oc1ccccc12. The van der Waals surface area contributed by atoms with Crippen LogP contribution in [0.25, 0.3) is 32.8 Å². The highest BCUT2D eigenvalue weighted by Crippen LogP contribution is 2.28. The average Bonchev–Trinajstić information content (AvgIpc) is 2.79. The minimum atomic E-state index is -0.480. The van der Waals surface area contributed by atoms with Crippen LogP contribution >= 0.6 is 0 Å². The number of H-pyrrole nitrogens is 2. The molecule has 2 N–H and O–H groups in total. The number of aryl methyl sites for hydroxylation is 1. The van der Waals surface area contributed by atoms with E-state index in [0.717, 1.165) is 5.39 Å². The third-order valence-corrected chi connectivity index (χ3v) is 3.46. The van der Waals surface area contributed by atoms with E-state index in [2.05, 4.69) is 15.2 Å². The van der Waals surface area contributed by atoms with Gasteiger partial charge in [0.15, 0.2) is 5.65 Å². The molecule has 0 radical (unpaired) electrons. The quantitative estimate of drug-likeness (QED) is 0.375. The van der Waals surface area contributed by atoms with Crippen molar-refractivity contribution in [3.63, 3.8) is 0 Å². The number of pyridine rings is 1. The van der Waals surface area contributed by atoms with Crippen molar-refractivity contribution in [1.29, 1.82) is 0 Å². The first kappa shape index (κ1) is 11.0. The van der Waals surface area contributed by atoms with Crippen molar-refractivity contribution in [2.75, 3.05) is 0 Å². The maximum Gasteiger partial charge on any atom is 0.346 e. The Morgan fingerprint density at radius 3 is 2.70 bits per heavy atom. The topological polar surface area (TPSA) is 91.8 Å². The normalized spacial score (nSPS) is 11.7. The lowest BCUT2D eigenvalue weighted by Gasteiger charge is -2.04. The molecule has 20 heavy (non-hydrogen) atoms. The Labute approximate surface area is 111 Å². The summed E-state index contributed by atoms with van der Waals surface area (Å²) in [5, 5.41) is 7.27. The number of aromatic amines is 2. The molecule has 3 aromatic heterocycles. The van der Waals surface area contributed by atoms with Gasteiger partial charge in [0.2, 0.25) is 0 Å². The molecule has 6 nitrogen and oxygen atoms in total. The number of rotatable bonds is 0. The van der Waals surface area contributed by atoms with Crippen LogP contribution in [-0.4, -0.2) is 15.2 Å². The number of nitrogens with one attached hydrogen (secondary N) is 2. The summed E-state index contributed by atoms with van der Waals surface area (Å²) in [6.07, 6.45) is 0. The summed E-state index contributed by atoms with van der Waals surface area (Å²) in [4.78, 5) is 28.4. The standard InChI is InChI=1S/C14H9N3O3/c1-6-9-10(11-12(15-6)16-17-13(11)18)7-4-2-3-5-8(7)20-14(9)19/h2-5H,1H3,(H2,15,16,17,18). The molecule has 0 amide bonds. The van der Waals surface area contributed by atoms with Crippen molar-refractivity contribution in [2.24, 2.45) is 0 Å². The van der Waals surface area contributed by atoms with Gasteiger partial charge in [0.25, 0.3) is 5.56 Å². The molecule has 0 aliphatic rings. The molecule has 0 fully saturated rings. The summed E-state index contributed by atoms with van der Waals surface area (Å²) < 4.78 is 5.30. The molecule has 0 atom stereocenters. The maximum atomic E-state index is 12.2. The molecule has 98 valence electrons. The van der Waals surface area contributed by atoms with Gasteiger partial charge in [0.1, 0.15) is 5.58 Å². The minimum Gasteiger partial charge on any atom is -0.422 e. The Hall–Kier alpha value is -2.89. The van der Waals surface area contributed by atoms with E-state index in [1.807, 2.05) is 12.1 Å². The molecule has 4 aromatic rings. The monoisotopic (exact) mass is 267 g/mol. The first-order valence-electron chi connectivity index (χ1n) is 6.09. The van der Waals surface area contributed by atoms with E-state index >= 15 is 0 Å². The minimum absolute atomic E-state index is 0.298. The van der Waals surface area contributed by atoms with Crippen LogP contribution in [0.5, 0.6) is 0 Å². The number of aromatic nitrogens is 3. The lowest BCUT2D eigenvalue weighted by Crippen LogP contribution is -2.06. The molecule has 1 aromatic carbocycles. The fourth-order valence-corrected chi connectivity index (χ4v) is 2.63. The van der Waals surface area contributed by atoms with Gasteiger partial charge in [-0.1, -0.05) is 18.2 Å². The summed E-state index contributed by atoms with van der Waals surface area (Å²) in [5.74, 6) is 0. The molecular weight excluding hydrogens is 258 g/mol. The second-order valence-electron chi connectivity index (χ2n) is 4.64. The summed E-state index contributed by atoms with van der Waals surface area (Å²) >= 11 is 0. The first-order chi connectivity index (χ1) is 9.66. The highest BCUT2D eigenvalue weighted by molar-refractivity contribution is 6.17. The van der Waals surface area contributed by atoms with Crippen LogP contribution < -0.4 is 11.2 Å². The fraction of sp³-hybridized carbons (Fsp3) is 0.0714. The van der Waals surface area contributed by atoms with E-state index in [-0.39, 0.29) is 5.56 Å². The fourth-order valence-electron chi connectivity index (χ4n) is 2.63. The molecular formula is C14H9N3O3. The Kier molecular flexibility index (Phi) is 1.96. The van der Waals surface area contributed by atoms with Crippen LogP contribution in [0.15, 0.2) is 38.3 Å². The second-order valence-corrected chi connectivity index (χ2v) is 4.64. The first-order valence-corrected chi connectivity index (χ1v) is 6.09. The Morgan fingerprint density at radius 1 is 1.05 bits per heavy atom. The predicted octanol–water partition coefficient (Wildman–Crippen LogP) is 1.82. The van der Waals surface area contributed by atoms with E-state index in [9.17, 15) is 9.59 Å². The van der Waals surface area contributed by atoms with Gasteiger partial charge in [-0.3, -0.25) is 15.0 Å². The van der Waals surface area contributed by atoms with E-state index in [0.29, 0.717) is 33.1 Å². The molecule has 0 saturated carbocycles. The third kappa shape index (κ3) is 1.25. The van der Waals surface area contributed by atoms with Crippen molar-refractivity contribution in [3.05, 3.63) is 50.7 Å². The second kappa shape index (κ2) is 3.57. The van der Waals surface area contributed by atoms with E-state index in [4.69, 9.17) is 4.42 Å². The van der Waals surface area contributed by atoms with Gasteiger partial charge in [-0.15, -0.1) is 0 Å². The number of nitrogens with zero attached hydrogens (tertiary/aromatic N) is 1. The lowest BCUT2D eigenvalue weighted by molar-refractivity contribution is 0.569. The Balaban J connectivity index is 2.54. The van der Waals surface area contributed by atoms with E-state index < -0.39 is 5.63 Å². The number of benzene rings is 1. The van der Waals surface area contributed by atoms with Gasteiger partial charge >= 0.3 is 5.63 Å². The van der Waals surface area contributed by atoms with Gasteiger partial charge in [-0.2, -0.15) is 0 Å². The van der Waals surface area contributed by atoms with Crippen molar-refractivity contribution >= 4 is 32.8 Å². The summed E-state index contributed by atoms with van der Waals surface area (Å²) in [7, 11) is 0. The summed E-state index contributed by atoms with van der Waals surface area (Å²) in [6, 6.07) is 7.15. The molecule has 3 heterocycles. The molecule has 0 aliphatic heterocycles. The zero-order valence-electron chi connectivity index (χ0n) is 10.5. The van der Waals surface area contributed by atoms with Gasteiger partial charge < -0.3 is 4.42 Å². The van der Waals surface area contributed by atoms with Gasteiger partial charge in [-0.25, -0.2) is 9.78 Å². The third-order valence-electron chi connectivity index (χ3n) is 3.46. The number of fused-ring (bicyclic) bond motifs is 5. The van der Waals surface area contributed by atoms with Crippen LogP contribution in [0.1, 0.15) is 5.69 Å². The summed E-state index contributed by atoms with van der Waals surface area (Å²) in [5.41, 5.74) is 0.648. The van der Waals surface area contributed by atoms with Crippen molar-refractivity contribution in [1.82, 2.24) is 15.2 Å². The van der Waals surface area contributed by atoms with Gasteiger partial charge in [0.05, 0.1) is 16.5 Å². The van der Waals surface area contributed by atoms with E-state index in [1.54, 1.807) is 19.1 Å². The highest BCUT2D eigenvalue weighted by atomic mass is 16.4. The highest BCUT2D eigenvalue weighted by Gasteiger charge is 2.17. The lowest BCUT2D eigenvalue weighted by atomic mass is 10.0. The maximum absolute atomic E-state index is 12.2. The molecule has 0 bridgehead atoms. The van der Waals surface area contributed by atoms with Crippen LogP contribution in [0.4, 0.5) is 0 Å². The largest absolute Gasteiger partial charge is 0.422 e. The Morgan fingerprint density at radius 2 is 1.85 bits per heavy atom. The van der Waals surface area contributed by atoms with Crippen molar-refractivity contribution < 1.29 is 4.42 Å². The number of hydrogen-bond acceptors (Lipinski definition) is 4. The van der Waals surface area contributed by atoms with Crippen LogP contribution in [-0.2, 0) is 0 Å². The van der Waals surface area contributed by atoms with Gasteiger partial charge in [0, 0.05) is 10.8 Å². The zero-order valence-corrected chi connectivity index (χ0v) is 10.5. The van der Waals surface area contributed by atoms with Crippen LogP contribution in [0.2, 0.25) is 0 Å². The molecule has 0 aliphatic carbocycles. The van der Waals surface area contributed by atoms with Crippen molar-refractivity contribution in [3.8, 4) is 0 Å². The average molecular weight is 267 g/mol. The molecule has 0 saturated heterocycles. The van der Waals surface area contributed by atoms with Crippen LogP contribution in [0, 0.1) is 6.92 Å². The molecule has 6 heteroatoms. The number of hydrogen-bond donors (Lipinski definition) is 2. The zero-order chi connectivity index (χ0) is 13.9. The molecule has 4 rings (SSSR count).